The van der Waals surface area contributed by atoms with E-state index in [1.807, 2.05) is 0 Å². The summed E-state index contributed by atoms with van der Waals surface area (Å²) in [4.78, 5) is 11.7. The summed E-state index contributed by atoms with van der Waals surface area (Å²) in [6.07, 6.45) is 6.12. The van der Waals surface area contributed by atoms with E-state index in [2.05, 4.69) is 17.6 Å². The van der Waals surface area contributed by atoms with Crippen LogP contribution in [0.4, 0.5) is 5.69 Å². The molecule has 1 amide bonds. The van der Waals surface area contributed by atoms with E-state index in [9.17, 15) is 4.79 Å². The number of hydrogen-bond donors (Lipinski definition) is 2. The lowest BCUT2D eigenvalue weighted by Crippen LogP contribution is -2.28. The lowest BCUT2D eigenvalue weighted by Gasteiger charge is -2.08. The Labute approximate surface area is 131 Å². The molecule has 0 unspecified atom stereocenters. The van der Waals surface area contributed by atoms with Gasteiger partial charge in [-0.15, -0.1) is 0 Å². The molecule has 0 aliphatic heterocycles. The zero-order valence-corrected chi connectivity index (χ0v) is 13.4. The minimum atomic E-state index is -0.0946. The molecular formula is C15H22Cl2N2O. The van der Waals surface area contributed by atoms with Gasteiger partial charge in [0.1, 0.15) is 0 Å². The fourth-order valence-corrected chi connectivity index (χ4v) is 2.30. The fraction of sp³-hybridized carbons (Fsp3) is 0.533. The molecule has 5 heteroatoms. The van der Waals surface area contributed by atoms with Crippen molar-refractivity contribution < 1.29 is 4.79 Å². The Hall–Kier alpha value is -0.770. The predicted octanol–water partition coefficient (Wildman–Crippen LogP) is 4.49. The number of benzene rings is 1. The van der Waals surface area contributed by atoms with Crippen LogP contribution in [0.2, 0.25) is 10.0 Å². The third-order valence-corrected chi connectivity index (χ3v) is 3.50. The summed E-state index contributed by atoms with van der Waals surface area (Å²) in [5.74, 6) is -0.0946. The molecule has 0 aliphatic rings. The quantitative estimate of drug-likeness (QED) is 0.659. The van der Waals surface area contributed by atoms with Crippen molar-refractivity contribution in [3.63, 3.8) is 0 Å². The van der Waals surface area contributed by atoms with Crippen LogP contribution in [-0.2, 0) is 4.79 Å². The van der Waals surface area contributed by atoms with Gasteiger partial charge in [0.15, 0.2) is 0 Å². The van der Waals surface area contributed by atoms with Gasteiger partial charge in [-0.2, -0.15) is 0 Å². The first-order valence-electron chi connectivity index (χ1n) is 7.09. The van der Waals surface area contributed by atoms with E-state index in [1.165, 1.54) is 25.7 Å². The molecule has 3 nitrogen and oxygen atoms in total. The lowest BCUT2D eigenvalue weighted by molar-refractivity contribution is -0.115. The summed E-state index contributed by atoms with van der Waals surface area (Å²) in [6, 6.07) is 5.01. The minimum Gasteiger partial charge on any atom is -0.324 e. The summed E-state index contributed by atoms with van der Waals surface area (Å²) in [5, 5.41) is 6.89. The molecule has 0 bridgehead atoms. The highest BCUT2D eigenvalue weighted by molar-refractivity contribution is 6.36. The van der Waals surface area contributed by atoms with E-state index in [4.69, 9.17) is 23.2 Å². The zero-order valence-electron chi connectivity index (χ0n) is 11.8. The van der Waals surface area contributed by atoms with E-state index in [1.54, 1.807) is 18.2 Å². The molecule has 0 aromatic heterocycles. The Morgan fingerprint density at radius 3 is 2.60 bits per heavy atom. The number of nitrogens with one attached hydrogen (secondary N) is 2. The van der Waals surface area contributed by atoms with Gasteiger partial charge in [0.25, 0.3) is 0 Å². The molecule has 1 aromatic rings. The molecule has 0 aliphatic carbocycles. The van der Waals surface area contributed by atoms with Crippen LogP contribution in [-0.4, -0.2) is 19.0 Å². The maximum atomic E-state index is 11.7. The van der Waals surface area contributed by atoms with Crippen LogP contribution < -0.4 is 10.6 Å². The van der Waals surface area contributed by atoms with Gasteiger partial charge in [0.05, 0.1) is 17.3 Å². The van der Waals surface area contributed by atoms with Gasteiger partial charge in [0.2, 0.25) is 5.91 Å². The largest absolute Gasteiger partial charge is 0.324 e. The Morgan fingerprint density at radius 2 is 1.90 bits per heavy atom. The molecular weight excluding hydrogens is 295 g/mol. The summed E-state index contributed by atoms with van der Waals surface area (Å²) in [5.41, 5.74) is 0.589. The van der Waals surface area contributed by atoms with Gasteiger partial charge >= 0.3 is 0 Å². The summed E-state index contributed by atoms with van der Waals surface area (Å²) >= 11 is 11.8. The molecule has 0 atom stereocenters. The van der Waals surface area contributed by atoms with Crippen molar-refractivity contribution in [2.45, 2.75) is 39.0 Å². The Balaban J connectivity index is 2.17. The van der Waals surface area contributed by atoms with Crippen LogP contribution in [0, 0.1) is 0 Å². The maximum Gasteiger partial charge on any atom is 0.238 e. The van der Waals surface area contributed by atoms with Crippen LogP contribution in [0.15, 0.2) is 18.2 Å². The Kier molecular flexibility index (Phi) is 8.67. The first kappa shape index (κ1) is 17.3. The van der Waals surface area contributed by atoms with Crippen LogP contribution in [0.1, 0.15) is 39.0 Å². The van der Waals surface area contributed by atoms with Gasteiger partial charge in [-0.3, -0.25) is 4.79 Å². The second-order valence-corrected chi connectivity index (χ2v) is 5.61. The Bertz CT molecular complexity index is 424. The van der Waals surface area contributed by atoms with Crippen molar-refractivity contribution in [2.24, 2.45) is 0 Å². The van der Waals surface area contributed by atoms with Crippen LogP contribution in [0.3, 0.4) is 0 Å². The number of carbonyl (C=O) groups excluding carboxylic acids is 1. The molecule has 0 radical (unpaired) electrons. The SMILES string of the molecule is CCCCCCCNCC(=O)Nc1ccc(Cl)cc1Cl. The monoisotopic (exact) mass is 316 g/mol. The average Bonchev–Trinajstić information content (AvgIpc) is 2.41. The van der Waals surface area contributed by atoms with Crippen LogP contribution in [0.5, 0.6) is 0 Å². The molecule has 0 fully saturated rings. The molecule has 1 aromatic carbocycles. The first-order chi connectivity index (χ1) is 9.63. The van der Waals surface area contributed by atoms with Gasteiger partial charge in [0, 0.05) is 5.02 Å². The van der Waals surface area contributed by atoms with Crippen molar-refractivity contribution in [3.8, 4) is 0 Å². The molecule has 0 heterocycles. The lowest BCUT2D eigenvalue weighted by atomic mass is 10.1. The number of halogens is 2. The van der Waals surface area contributed by atoms with Crippen molar-refractivity contribution in [3.05, 3.63) is 28.2 Å². The number of carbonyl (C=O) groups is 1. The average molecular weight is 317 g/mol. The molecule has 0 saturated heterocycles. The number of hydrogen-bond acceptors (Lipinski definition) is 2. The maximum absolute atomic E-state index is 11.7. The number of rotatable bonds is 9. The third kappa shape index (κ3) is 7.13. The van der Waals surface area contributed by atoms with E-state index >= 15 is 0 Å². The number of amides is 1. The van der Waals surface area contributed by atoms with Crippen LogP contribution >= 0.6 is 23.2 Å². The van der Waals surface area contributed by atoms with Crippen LogP contribution in [0.25, 0.3) is 0 Å². The molecule has 1 rings (SSSR count). The van der Waals surface area contributed by atoms with Crippen molar-refractivity contribution in [2.75, 3.05) is 18.4 Å². The molecule has 0 spiro atoms. The first-order valence-corrected chi connectivity index (χ1v) is 7.84. The normalized spacial score (nSPS) is 10.6. The predicted molar refractivity (Wildman–Crippen MR) is 86.7 cm³/mol. The van der Waals surface area contributed by atoms with E-state index in [-0.39, 0.29) is 5.91 Å². The third-order valence-electron chi connectivity index (χ3n) is 2.95. The van der Waals surface area contributed by atoms with E-state index < -0.39 is 0 Å². The highest BCUT2D eigenvalue weighted by Crippen LogP contribution is 2.25. The van der Waals surface area contributed by atoms with Crippen molar-refractivity contribution >= 4 is 34.8 Å². The second-order valence-electron chi connectivity index (χ2n) is 4.76. The van der Waals surface area contributed by atoms with Gasteiger partial charge in [-0.25, -0.2) is 0 Å². The smallest absolute Gasteiger partial charge is 0.238 e. The standard InChI is InChI=1S/C15H22Cl2N2O/c1-2-3-4-5-6-9-18-11-15(20)19-14-8-7-12(16)10-13(14)17/h7-8,10,18H,2-6,9,11H2,1H3,(H,19,20). The molecule has 20 heavy (non-hydrogen) atoms. The minimum absolute atomic E-state index is 0.0946. The zero-order chi connectivity index (χ0) is 14.8. The fourth-order valence-electron chi connectivity index (χ4n) is 1.84. The molecule has 112 valence electrons. The Morgan fingerprint density at radius 1 is 1.15 bits per heavy atom. The highest BCUT2D eigenvalue weighted by atomic mass is 35.5. The summed E-state index contributed by atoms with van der Waals surface area (Å²) in [6.45, 7) is 3.36. The topological polar surface area (TPSA) is 41.1 Å². The van der Waals surface area contributed by atoms with E-state index in [0.717, 1.165) is 13.0 Å². The van der Waals surface area contributed by atoms with Gasteiger partial charge in [-0.05, 0) is 31.2 Å². The van der Waals surface area contributed by atoms with Gasteiger partial charge < -0.3 is 10.6 Å². The number of anilines is 1. The number of unbranched alkanes of at least 4 members (excludes halogenated alkanes) is 4. The second kappa shape index (κ2) is 10.0. The summed E-state index contributed by atoms with van der Waals surface area (Å²) < 4.78 is 0. The molecule has 0 saturated carbocycles. The van der Waals surface area contributed by atoms with Crippen molar-refractivity contribution in [1.82, 2.24) is 5.32 Å². The van der Waals surface area contributed by atoms with E-state index in [0.29, 0.717) is 22.3 Å². The molecule has 2 N–H and O–H groups in total. The van der Waals surface area contributed by atoms with Gasteiger partial charge in [-0.1, -0.05) is 55.8 Å². The highest BCUT2D eigenvalue weighted by Gasteiger charge is 2.05. The van der Waals surface area contributed by atoms with Crippen molar-refractivity contribution in [1.29, 1.82) is 0 Å². The summed E-state index contributed by atoms with van der Waals surface area (Å²) in [7, 11) is 0.